The van der Waals surface area contributed by atoms with Crippen LogP contribution in [0, 0.1) is 0 Å². The lowest BCUT2D eigenvalue weighted by Gasteiger charge is -2.27. The Hall–Kier alpha value is -2.76. The number of methoxy groups -OCH3 is 2. The van der Waals surface area contributed by atoms with E-state index in [0.29, 0.717) is 11.6 Å². The van der Waals surface area contributed by atoms with Crippen molar-refractivity contribution < 1.29 is 19.4 Å². The number of pyridine rings is 1. The molecule has 1 atom stereocenters. The first-order chi connectivity index (χ1) is 11.6. The molecule has 1 aliphatic rings. The first-order valence-corrected chi connectivity index (χ1v) is 7.84. The van der Waals surface area contributed by atoms with Gasteiger partial charge in [0, 0.05) is 0 Å². The molecule has 2 N–H and O–H groups in total. The van der Waals surface area contributed by atoms with Crippen LogP contribution in [-0.4, -0.2) is 30.3 Å². The third kappa shape index (κ3) is 2.99. The molecule has 0 bridgehead atoms. The van der Waals surface area contributed by atoms with Gasteiger partial charge in [-0.15, -0.1) is 0 Å². The number of carbonyl (C=O) groups is 1. The van der Waals surface area contributed by atoms with E-state index in [1.54, 1.807) is 18.2 Å². The average Bonchev–Trinajstić information content (AvgIpc) is 2.62. The number of nitrogens with zero attached hydrogens (tertiary/aromatic N) is 1. The van der Waals surface area contributed by atoms with Gasteiger partial charge in [-0.1, -0.05) is 12.1 Å². The summed E-state index contributed by atoms with van der Waals surface area (Å²) in [6.07, 6.45) is 2.80. The minimum Gasteiger partial charge on any atom is -0.508 e. The van der Waals surface area contributed by atoms with E-state index in [4.69, 9.17) is 9.47 Å². The number of benzene rings is 1. The lowest BCUT2D eigenvalue weighted by atomic mass is 9.87. The first-order valence-electron chi connectivity index (χ1n) is 7.84. The lowest BCUT2D eigenvalue weighted by molar-refractivity contribution is 0.0596. The van der Waals surface area contributed by atoms with Gasteiger partial charge in [-0.25, -0.2) is 4.79 Å². The van der Waals surface area contributed by atoms with Gasteiger partial charge < -0.3 is 19.9 Å². The van der Waals surface area contributed by atoms with E-state index >= 15 is 0 Å². The molecule has 2 aromatic rings. The fraction of sp³-hybridized carbons (Fsp3) is 0.333. The lowest BCUT2D eigenvalue weighted by Crippen LogP contribution is -2.18. The van der Waals surface area contributed by atoms with Crippen LogP contribution in [0.25, 0.3) is 0 Å². The van der Waals surface area contributed by atoms with Gasteiger partial charge in [-0.2, -0.15) is 4.98 Å². The largest absolute Gasteiger partial charge is 0.508 e. The summed E-state index contributed by atoms with van der Waals surface area (Å²) in [7, 11) is 2.78. The van der Waals surface area contributed by atoms with Crippen molar-refractivity contribution in [1.82, 2.24) is 4.98 Å². The number of fused-ring (bicyclic) bond motifs is 1. The monoisotopic (exact) mass is 328 g/mol. The molecule has 1 aromatic carbocycles. The topological polar surface area (TPSA) is 80.7 Å². The number of nitrogens with one attached hydrogen (secondary N) is 1. The van der Waals surface area contributed by atoms with Crippen LogP contribution < -0.4 is 10.1 Å². The summed E-state index contributed by atoms with van der Waals surface area (Å²) in [6, 6.07) is 9.00. The minimum atomic E-state index is -0.487. The van der Waals surface area contributed by atoms with Crippen molar-refractivity contribution in [1.29, 1.82) is 0 Å². The summed E-state index contributed by atoms with van der Waals surface area (Å²) in [5.74, 6) is 0.684. The summed E-state index contributed by atoms with van der Waals surface area (Å²) in [4.78, 5) is 16.1. The van der Waals surface area contributed by atoms with Crippen molar-refractivity contribution in [2.75, 3.05) is 19.5 Å². The van der Waals surface area contributed by atoms with E-state index in [1.807, 2.05) is 12.1 Å². The highest BCUT2D eigenvalue weighted by atomic mass is 16.5. The van der Waals surface area contributed by atoms with Gasteiger partial charge in [-0.05, 0) is 48.6 Å². The minimum absolute atomic E-state index is 0.0574. The van der Waals surface area contributed by atoms with E-state index < -0.39 is 5.97 Å². The van der Waals surface area contributed by atoms with E-state index in [1.165, 1.54) is 14.2 Å². The van der Waals surface area contributed by atoms with Crippen molar-refractivity contribution in [3.8, 4) is 11.6 Å². The fourth-order valence-electron chi connectivity index (χ4n) is 3.10. The average molecular weight is 328 g/mol. The first kappa shape index (κ1) is 16.1. The van der Waals surface area contributed by atoms with Crippen molar-refractivity contribution in [2.24, 2.45) is 0 Å². The Morgan fingerprint density at radius 3 is 2.88 bits per heavy atom. The zero-order valence-corrected chi connectivity index (χ0v) is 13.7. The van der Waals surface area contributed by atoms with Crippen LogP contribution in [0.1, 0.15) is 40.4 Å². The molecule has 6 heteroatoms. The predicted molar refractivity (Wildman–Crippen MR) is 89.5 cm³/mol. The molecule has 1 unspecified atom stereocenters. The highest BCUT2D eigenvalue weighted by Gasteiger charge is 2.23. The Morgan fingerprint density at radius 1 is 1.29 bits per heavy atom. The second-order valence-corrected chi connectivity index (χ2v) is 5.68. The predicted octanol–water partition coefficient (Wildman–Crippen LogP) is 3.07. The van der Waals surface area contributed by atoms with E-state index in [2.05, 4.69) is 10.3 Å². The second-order valence-electron chi connectivity index (χ2n) is 5.68. The van der Waals surface area contributed by atoms with Gasteiger partial charge in [-0.3, -0.25) is 0 Å². The molecule has 24 heavy (non-hydrogen) atoms. The van der Waals surface area contributed by atoms with Crippen molar-refractivity contribution in [3.63, 3.8) is 0 Å². The zero-order chi connectivity index (χ0) is 17.1. The maximum atomic E-state index is 11.7. The summed E-state index contributed by atoms with van der Waals surface area (Å²) in [5.41, 5.74) is 2.35. The van der Waals surface area contributed by atoms with E-state index in [-0.39, 0.29) is 17.5 Å². The number of aromatic hydroxyl groups is 1. The normalized spacial score (nSPS) is 16.2. The molecule has 0 fully saturated rings. The Morgan fingerprint density at radius 2 is 2.12 bits per heavy atom. The van der Waals surface area contributed by atoms with Gasteiger partial charge in [0.25, 0.3) is 0 Å². The number of aromatic nitrogens is 1. The van der Waals surface area contributed by atoms with Crippen molar-refractivity contribution in [2.45, 2.75) is 25.3 Å². The van der Waals surface area contributed by atoms with Crippen molar-refractivity contribution in [3.05, 3.63) is 47.0 Å². The van der Waals surface area contributed by atoms with Gasteiger partial charge in [0.15, 0.2) is 0 Å². The number of carbonyl (C=O) groups excluding carboxylic acids is 1. The van der Waals surface area contributed by atoms with Gasteiger partial charge in [0.1, 0.15) is 17.1 Å². The molecule has 0 radical (unpaired) electrons. The molecule has 1 heterocycles. The molecule has 0 saturated heterocycles. The Labute approximate surface area is 140 Å². The quantitative estimate of drug-likeness (QED) is 0.840. The van der Waals surface area contributed by atoms with E-state index in [9.17, 15) is 9.90 Å². The van der Waals surface area contributed by atoms with Crippen LogP contribution in [0.5, 0.6) is 11.6 Å². The highest BCUT2D eigenvalue weighted by molar-refractivity contribution is 5.92. The molecular weight excluding hydrogens is 308 g/mol. The number of hydrogen-bond acceptors (Lipinski definition) is 6. The van der Waals surface area contributed by atoms with E-state index in [0.717, 1.165) is 30.4 Å². The molecule has 6 nitrogen and oxygen atoms in total. The zero-order valence-electron chi connectivity index (χ0n) is 13.7. The molecule has 0 saturated carbocycles. The Balaban J connectivity index is 1.88. The number of phenols is 1. The molecular formula is C18H20N2O4. The number of hydrogen-bond donors (Lipinski definition) is 2. The molecule has 126 valence electrons. The molecule has 0 amide bonds. The number of anilines is 1. The van der Waals surface area contributed by atoms with Crippen LogP contribution in [-0.2, 0) is 11.2 Å². The van der Waals surface area contributed by atoms with Gasteiger partial charge >= 0.3 is 5.97 Å². The Bertz CT molecular complexity index is 761. The standard InChI is InChI=1S/C18H20N2O4/c1-23-17-13(18(22)24-2)9-10-16(20-17)19-14-7-3-6-12-11(14)5-4-8-15(12)21/h4-5,8-10,14,21H,3,6-7H2,1-2H3,(H,19,20). The summed E-state index contributed by atoms with van der Waals surface area (Å²) < 4.78 is 9.92. The van der Waals surface area contributed by atoms with Crippen LogP contribution >= 0.6 is 0 Å². The van der Waals surface area contributed by atoms with Crippen LogP contribution in [0.3, 0.4) is 0 Å². The smallest absolute Gasteiger partial charge is 0.343 e. The molecule has 0 aliphatic heterocycles. The maximum Gasteiger partial charge on any atom is 0.343 e. The number of ether oxygens (including phenoxy) is 2. The highest BCUT2D eigenvalue weighted by Crippen LogP contribution is 2.36. The van der Waals surface area contributed by atoms with Gasteiger partial charge in [0.2, 0.25) is 5.88 Å². The number of rotatable bonds is 4. The molecule has 1 aliphatic carbocycles. The summed E-state index contributed by atoms with van der Waals surface area (Å²) >= 11 is 0. The molecule has 1 aromatic heterocycles. The maximum absolute atomic E-state index is 11.7. The third-order valence-corrected chi connectivity index (χ3v) is 4.26. The molecule has 3 rings (SSSR count). The van der Waals surface area contributed by atoms with Crippen LogP contribution in [0.15, 0.2) is 30.3 Å². The Kier molecular flexibility index (Phi) is 4.55. The third-order valence-electron chi connectivity index (χ3n) is 4.26. The second kappa shape index (κ2) is 6.78. The number of esters is 1. The van der Waals surface area contributed by atoms with Crippen LogP contribution in [0.4, 0.5) is 5.82 Å². The van der Waals surface area contributed by atoms with Gasteiger partial charge in [0.05, 0.1) is 20.3 Å². The number of phenolic OH excluding ortho intramolecular Hbond substituents is 1. The molecule has 0 spiro atoms. The SMILES string of the molecule is COC(=O)c1ccc(NC2CCCc3c(O)cccc32)nc1OC. The van der Waals surface area contributed by atoms with Crippen LogP contribution in [0.2, 0.25) is 0 Å². The summed E-state index contributed by atoms with van der Waals surface area (Å²) in [5, 5.41) is 13.4. The fourth-order valence-corrected chi connectivity index (χ4v) is 3.10. The van der Waals surface area contributed by atoms with Crippen molar-refractivity contribution >= 4 is 11.8 Å². The summed E-state index contributed by atoms with van der Waals surface area (Å²) in [6.45, 7) is 0.